The molecule has 2 aromatic rings. The second-order valence-electron chi connectivity index (χ2n) is 3.97. The highest BCUT2D eigenvalue weighted by molar-refractivity contribution is 9.10. The first kappa shape index (κ1) is 13.8. The highest BCUT2D eigenvalue weighted by Gasteiger charge is 2.13. The van der Waals surface area contributed by atoms with E-state index in [4.69, 9.17) is 9.47 Å². The third-order valence-electron chi connectivity index (χ3n) is 2.60. The number of hydrogen-bond acceptors (Lipinski definition) is 3. The lowest BCUT2D eigenvalue weighted by molar-refractivity contribution is 0.0487. The van der Waals surface area contributed by atoms with Gasteiger partial charge in [0.15, 0.2) is 0 Å². The van der Waals surface area contributed by atoms with Gasteiger partial charge in [-0.3, -0.25) is 0 Å². The van der Waals surface area contributed by atoms with Gasteiger partial charge in [-0.1, -0.05) is 30.3 Å². The standard InChI is InChI=1S/C14H14BrNO3/c1-18-14(17)13-7-12(15)8-16(13)10-19-9-11-5-3-2-4-6-11/h2-8H,9-10H2,1H3. The Morgan fingerprint density at radius 1 is 1.32 bits per heavy atom. The Balaban J connectivity index is 1.98. The number of halogens is 1. The second kappa shape index (κ2) is 6.54. The largest absolute Gasteiger partial charge is 0.464 e. The predicted molar refractivity (Wildman–Crippen MR) is 74.7 cm³/mol. The van der Waals surface area contributed by atoms with E-state index in [9.17, 15) is 4.79 Å². The van der Waals surface area contributed by atoms with Crippen molar-refractivity contribution in [3.63, 3.8) is 0 Å². The van der Waals surface area contributed by atoms with Gasteiger partial charge in [0.25, 0.3) is 0 Å². The molecule has 0 spiro atoms. The van der Waals surface area contributed by atoms with E-state index in [1.165, 1.54) is 7.11 Å². The number of methoxy groups -OCH3 is 1. The molecule has 5 heteroatoms. The van der Waals surface area contributed by atoms with Gasteiger partial charge in [0.2, 0.25) is 0 Å². The number of benzene rings is 1. The van der Waals surface area contributed by atoms with Crippen molar-refractivity contribution in [1.82, 2.24) is 4.57 Å². The van der Waals surface area contributed by atoms with Crippen LogP contribution >= 0.6 is 15.9 Å². The van der Waals surface area contributed by atoms with Crippen molar-refractivity contribution in [3.05, 3.63) is 58.3 Å². The van der Waals surface area contributed by atoms with E-state index >= 15 is 0 Å². The molecular formula is C14H14BrNO3. The number of rotatable bonds is 5. The maximum atomic E-state index is 11.6. The Kier molecular flexibility index (Phi) is 4.76. The van der Waals surface area contributed by atoms with E-state index in [-0.39, 0.29) is 5.97 Å². The van der Waals surface area contributed by atoms with Gasteiger partial charge in [0.05, 0.1) is 13.7 Å². The molecule has 0 aliphatic heterocycles. The van der Waals surface area contributed by atoms with Gasteiger partial charge in [0.1, 0.15) is 12.4 Å². The molecule has 19 heavy (non-hydrogen) atoms. The summed E-state index contributed by atoms with van der Waals surface area (Å²) < 4.78 is 12.8. The Hall–Kier alpha value is -1.59. The van der Waals surface area contributed by atoms with E-state index in [1.807, 2.05) is 30.3 Å². The second-order valence-corrected chi connectivity index (χ2v) is 4.88. The van der Waals surface area contributed by atoms with Gasteiger partial charge in [-0.2, -0.15) is 0 Å². The zero-order valence-electron chi connectivity index (χ0n) is 10.5. The summed E-state index contributed by atoms with van der Waals surface area (Å²) in [6.07, 6.45) is 1.79. The fraction of sp³-hybridized carbons (Fsp3) is 0.214. The van der Waals surface area contributed by atoms with Gasteiger partial charge in [0, 0.05) is 10.7 Å². The number of hydrogen-bond donors (Lipinski definition) is 0. The number of carbonyl (C=O) groups excluding carboxylic acids is 1. The summed E-state index contributed by atoms with van der Waals surface area (Å²) in [6, 6.07) is 11.6. The average Bonchev–Trinajstić information content (AvgIpc) is 2.80. The van der Waals surface area contributed by atoms with Crippen molar-refractivity contribution in [3.8, 4) is 0 Å². The van der Waals surface area contributed by atoms with Crippen molar-refractivity contribution >= 4 is 21.9 Å². The fourth-order valence-corrected chi connectivity index (χ4v) is 2.16. The maximum Gasteiger partial charge on any atom is 0.354 e. The van der Waals surface area contributed by atoms with Crippen LogP contribution in [0.5, 0.6) is 0 Å². The summed E-state index contributed by atoms with van der Waals surface area (Å²) in [5.41, 5.74) is 1.55. The Morgan fingerprint density at radius 3 is 2.74 bits per heavy atom. The Bertz CT molecular complexity index is 551. The molecule has 1 aromatic carbocycles. The summed E-state index contributed by atoms with van der Waals surface area (Å²) in [5.74, 6) is -0.381. The normalized spacial score (nSPS) is 10.4. The molecule has 0 bridgehead atoms. The van der Waals surface area contributed by atoms with E-state index in [0.29, 0.717) is 19.0 Å². The van der Waals surface area contributed by atoms with Crippen molar-refractivity contribution in [2.75, 3.05) is 7.11 Å². The third-order valence-corrected chi connectivity index (χ3v) is 3.03. The SMILES string of the molecule is COC(=O)c1cc(Br)cn1COCc1ccccc1. The highest BCUT2D eigenvalue weighted by Crippen LogP contribution is 2.16. The lowest BCUT2D eigenvalue weighted by Crippen LogP contribution is -2.11. The van der Waals surface area contributed by atoms with Crippen LogP contribution in [0.4, 0.5) is 0 Å². The highest BCUT2D eigenvalue weighted by atomic mass is 79.9. The molecular weight excluding hydrogens is 310 g/mol. The molecule has 1 heterocycles. The molecule has 0 fully saturated rings. The van der Waals surface area contributed by atoms with Gasteiger partial charge in [-0.05, 0) is 27.6 Å². The number of esters is 1. The van der Waals surface area contributed by atoms with Gasteiger partial charge in [-0.25, -0.2) is 4.79 Å². The molecule has 2 rings (SSSR count). The first-order valence-electron chi connectivity index (χ1n) is 5.76. The Labute approximate surface area is 120 Å². The van der Waals surface area contributed by atoms with E-state index in [2.05, 4.69) is 15.9 Å². The Morgan fingerprint density at radius 2 is 2.05 bits per heavy atom. The van der Waals surface area contributed by atoms with Crippen molar-refractivity contribution in [1.29, 1.82) is 0 Å². The summed E-state index contributed by atoms with van der Waals surface area (Å²) >= 11 is 3.33. The molecule has 0 atom stereocenters. The van der Waals surface area contributed by atoms with E-state index in [1.54, 1.807) is 16.8 Å². The lowest BCUT2D eigenvalue weighted by Gasteiger charge is -2.08. The quantitative estimate of drug-likeness (QED) is 0.793. The van der Waals surface area contributed by atoms with Gasteiger partial charge < -0.3 is 14.0 Å². The summed E-state index contributed by atoms with van der Waals surface area (Å²) in [4.78, 5) is 11.6. The smallest absolute Gasteiger partial charge is 0.354 e. The van der Waals surface area contributed by atoms with E-state index in [0.717, 1.165) is 10.0 Å². The average molecular weight is 324 g/mol. The lowest BCUT2D eigenvalue weighted by atomic mass is 10.2. The topological polar surface area (TPSA) is 40.5 Å². The minimum Gasteiger partial charge on any atom is -0.464 e. The molecule has 4 nitrogen and oxygen atoms in total. The minimum atomic E-state index is -0.381. The van der Waals surface area contributed by atoms with Crippen molar-refractivity contribution in [2.45, 2.75) is 13.3 Å². The van der Waals surface area contributed by atoms with Crippen molar-refractivity contribution in [2.24, 2.45) is 0 Å². The molecule has 100 valence electrons. The third kappa shape index (κ3) is 3.68. The monoisotopic (exact) mass is 323 g/mol. The predicted octanol–water partition coefficient (Wildman–Crippen LogP) is 3.21. The van der Waals surface area contributed by atoms with Crippen molar-refractivity contribution < 1.29 is 14.3 Å². The van der Waals surface area contributed by atoms with Crippen LogP contribution in [-0.2, 0) is 22.8 Å². The van der Waals surface area contributed by atoms with E-state index < -0.39 is 0 Å². The minimum absolute atomic E-state index is 0.297. The van der Waals surface area contributed by atoms with Crippen LogP contribution in [0.3, 0.4) is 0 Å². The van der Waals surface area contributed by atoms with Crippen LogP contribution in [0.1, 0.15) is 16.1 Å². The first-order chi connectivity index (χ1) is 9.20. The molecule has 0 aliphatic rings. The molecule has 0 N–H and O–H groups in total. The summed E-state index contributed by atoms with van der Waals surface area (Å²) in [6.45, 7) is 0.794. The molecule has 0 aliphatic carbocycles. The molecule has 0 saturated heterocycles. The number of ether oxygens (including phenoxy) is 2. The van der Waals surface area contributed by atoms with Gasteiger partial charge >= 0.3 is 5.97 Å². The van der Waals surface area contributed by atoms with Gasteiger partial charge in [-0.15, -0.1) is 0 Å². The maximum absolute atomic E-state index is 11.6. The molecule has 0 saturated carbocycles. The van der Waals surface area contributed by atoms with Crippen LogP contribution in [0, 0.1) is 0 Å². The van der Waals surface area contributed by atoms with Crippen LogP contribution in [0.25, 0.3) is 0 Å². The van der Waals surface area contributed by atoms with Crippen LogP contribution in [0.15, 0.2) is 47.1 Å². The zero-order chi connectivity index (χ0) is 13.7. The zero-order valence-corrected chi connectivity index (χ0v) is 12.1. The van der Waals surface area contributed by atoms with Crippen LogP contribution < -0.4 is 0 Å². The molecule has 0 unspecified atom stereocenters. The fourth-order valence-electron chi connectivity index (χ4n) is 1.69. The number of carbonyl (C=O) groups is 1. The summed E-state index contributed by atoms with van der Waals surface area (Å²) in [7, 11) is 1.36. The molecule has 0 amide bonds. The number of nitrogens with zero attached hydrogens (tertiary/aromatic N) is 1. The van der Waals surface area contributed by atoms with Crippen LogP contribution in [0.2, 0.25) is 0 Å². The summed E-state index contributed by atoms with van der Waals surface area (Å²) in [5, 5.41) is 0. The van der Waals surface area contributed by atoms with Crippen LogP contribution in [-0.4, -0.2) is 17.6 Å². The number of aromatic nitrogens is 1. The first-order valence-corrected chi connectivity index (χ1v) is 6.55. The molecule has 1 aromatic heterocycles. The molecule has 0 radical (unpaired) electrons.